The normalized spacial score (nSPS) is 25.8. The van der Waals surface area contributed by atoms with E-state index in [1.165, 1.54) is 32.1 Å². The Hall–Kier alpha value is -0.340. The highest BCUT2D eigenvalue weighted by atomic mass is 16.3. The van der Waals surface area contributed by atoms with Crippen molar-refractivity contribution in [3.63, 3.8) is 0 Å². The molecule has 2 N–H and O–H groups in total. The topological polar surface area (TPSA) is 40.5 Å². The van der Waals surface area contributed by atoms with Crippen LogP contribution in [0.4, 0.5) is 0 Å². The molecule has 0 spiro atoms. The zero-order chi connectivity index (χ0) is 12.2. The number of hydrogen-bond donors (Lipinski definition) is 2. The van der Waals surface area contributed by atoms with Gasteiger partial charge in [-0.2, -0.15) is 0 Å². The zero-order valence-corrected chi connectivity index (χ0v) is 10.7. The average molecular weight is 226 g/mol. The van der Waals surface area contributed by atoms with Gasteiger partial charge < -0.3 is 10.2 Å². The third-order valence-electron chi connectivity index (χ3n) is 4.37. The van der Waals surface area contributed by atoms with Gasteiger partial charge in [0.05, 0.1) is 12.7 Å². The number of aliphatic hydroxyl groups is 2. The monoisotopic (exact) mass is 226 g/mol. The molecule has 1 rings (SSSR count). The summed E-state index contributed by atoms with van der Waals surface area (Å²) in [4.78, 5) is 0. The molecule has 0 saturated heterocycles. The molecule has 94 valence electrons. The number of hydrogen-bond acceptors (Lipinski definition) is 2. The van der Waals surface area contributed by atoms with Crippen molar-refractivity contribution in [1.82, 2.24) is 0 Å². The van der Waals surface area contributed by atoms with Crippen molar-refractivity contribution < 1.29 is 10.2 Å². The summed E-state index contributed by atoms with van der Waals surface area (Å²) in [6.45, 7) is 7.69. The molecule has 0 heterocycles. The second-order valence-corrected chi connectivity index (χ2v) is 5.57. The van der Waals surface area contributed by atoms with E-state index in [-0.39, 0.29) is 12.5 Å². The maximum absolute atomic E-state index is 10.4. The second kappa shape index (κ2) is 5.83. The third kappa shape index (κ3) is 2.86. The molecule has 1 aliphatic carbocycles. The average Bonchev–Trinajstić information content (AvgIpc) is 2.37. The van der Waals surface area contributed by atoms with Crippen LogP contribution in [0.1, 0.15) is 46.0 Å². The fourth-order valence-corrected chi connectivity index (χ4v) is 2.80. The first-order valence-electron chi connectivity index (χ1n) is 6.47. The van der Waals surface area contributed by atoms with Gasteiger partial charge in [0.1, 0.15) is 0 Å². The Morgan fingerprint density at radius 3 is 2.38 bits per heavy atom. The van der Waals surface area contributed by atoms with Crippen molar-refractivity contribution in [3.8, 4) is 0 Å². The highest BCUT2D eigenvalue weighted by Crippen LogP contribution is 2.37. The van der Waals surface area contributed by atoms with Gasteiger partial charge in [0.2, 0.25) is 0 Å². The van der Waals surface area contributed by atoms with Gasteiger partial charge in [-0.05, 0) is 11.8 Å². The summed E-state index contributed by atoms with van der Waals surface area (Å²) >= 11 is 0. The minimum absolute atomic E-state index is 0.0330. The van der Waals surface area contributed by atoms with E-state index in [9.17, 15) is 10.2 Å². The fraction of sp³-hybridized carbons (Fsp3) is 0.857. The molecule has 0 aromatic rings. The van der Waals surface area contributed by atoms with Crippen molar-refractivity contribution in [2.75, 3.05) is 6.61 Å². The number of aliphatic hydroxyl groups excluding tert-OH is 2. The van der Waals surface area contributed by atoms with E-state index in [1.807, 2.05) is 6.92 Å². The van der Waals surface area contributed by atoms with Crippen LogP contribution in [0.25, 0.3) is 0 Å². The summed E-state index contributed by atoms with van der Waals surface area (Å²) in [7, 11) is 0. The van der Waals surface area contributed by atoms with Crippen LogP contribution < -0.4 is 0 Å². The predicted molar refractivity (Wildman–Crippen MR) is 67.1 cm³/mol. The molecule has 1 saturated carbocycles. The van der Waals surface area contributed by atoms with Crippen LogP contribution in [0.2, 0.25) is 0 Å². The van der Waals surface area contributed by atoms with Crippen LogP contribution in [-0.2, 0) is 0 Å². The quantitative estimate of drug-likeness (QED) is 0.708. The summed E-state index contributed by atoms with van der Waals surface area (Å²) in [6, 6.07) is 0. The van der Waals surface area contributed by atoms with Gasteiger partial charge in [-0.1, -0.05) is 52.0 Å². The molecule has 16 heavy (non-hydrogen) atoms. The lowest BCUT2D eigenvalue weighted by Gasteiger charge is -2.38. The van der Waals surface area contributed by atoms with Gasteiger partial charge in [-0.25, -0.2) is 0 Å². The van der Waals surface area contributed by atoms with E-state index in [1.54, 1.807) is 6.08 Å². The van der Waals surface area contributed by atoms with Gasteiger partial charge >= 0.3 is 0 Å². The number of rotatable bonds is 5. The molecule has 2 heteroatoms. The van der Waals surface area contributed by atoms with Crippen LogP contribution in [0.3, 0.4) is 0 Å². The molecule has 0 aromatic heterocycles. The highest BCUT2D eigenvalue weighted by Gasteiger charge is 2.36. The highest BCUT2D eigenvalue weighted by molar-refractivity contribution is 4.99. The van der Waals surface area contributed by atoms with Crippen molar-refractivity contribution in [2.24, 2.45) is 17.3 Å². The van der Waals surface area contributed by atoms with Crippen LogP contribution >= 0.6 is 0 Å². The maximum Gasteiger partial charge on any atom is 0.0678 e. The molecular weight excluding hydrogens is 200 g/mol. The second-order valence-electron chi connectivity index (χ2n) is 5.57. The van der Waals surface area contributed by atoms with E-state index < -0.39 is 11.5 Å². The third-order valence-corrected chi connectivity index (χ3v) is 4.37. The summed E-state index contributed by atoms with van der Waals surface area (Å²) in [5, 5.41) is 19.7. The largest absolute Gasteiger partial charge is 0.395 e. The summed E-state index contributed by atoms with van der Waals surface area (Å²) < 4.78 is 0. The SMILES string of the molecule is C=CC(C)(CO)C(O)C(C)C1CCCCC1. The van der Waals surface area contributed by atoms with Crippen molar-refractivity contribution in [3.05, 3.63) is 12.7 Å². The van der Waals surface area contributed by atoms with E-state index >= 15 is 0 Å². The van der Waals surface area contributed by atoms with E-state index in [4.69, 9.17) is 0 Å². The van der Waals surface area contributed by atoms with Crippen molar-refractivity contribution in [1.29, 1.82) is 0 Å². The standard InChI is InChI=1S/C14H26O2/c1-4-14(3,10-15)13(16)11(2)12-8-6-5-7-9-12/h4,11-13,15-16H,1,5-10H2,2-3H3. The molecule has 0 amide bonds. The Balaban J connectivity index is 2.63. The Morgan fingerprint density at radius 1 is 1.38 bits per heavy atom. The Kier molecular flexibility index (Phi) is 5.00. The first kappa shape index (κ1) is 13.7. The molecule has 1 aliphatic rings. The molecule has 2 nitrogen and oxygen atoms in total. The van der Waals surface area contributed by atoms with Crippen LogP contribution in [0.15, 0.2) is 12.7 Å². The van der Waals surface area contributed by atoms with E-state index in [0.29, 0.717) is 5.92 Å². The molecule has 1 fully saturated rings. The summed E-state index contributed by atoms with van der Waals surface area (Å²) in [6.07, 6.45) is 7.54. The van der Waals surface area contributed by atoms with Crippen molar-refractivity contribution in [2.45, 2.75) is 52.1 Å². The lowest BCUT2D eigenvalue weighted by atomic mass is 9.71. The maximum atomic E-state index is 10.4. The molecule has 3 atom stereocenters. The van der Waals surface area contributed by atoms with Gasteiger partial charge in [0, 0.05) is 5.41 Å². The lowest BCUT2D eigenvalue weighted by Crippen LogP contribution is -2.41. The van der Waals surface area contributed by atoms with Gasteiger partial charge in [-0.3, -0.25) is 0 Å². The van der Waals surface area contributed by atoms with Crippen molar-refractivity contribution >= 4 is 0 Å². The molecular formula is C14H26O2. The fourth-order valence-electron chi connectivity index (χ4n) is 2.80. The minimum Gasteiger partial charge on any atom is -0.395 e. The Bertz CT molecular complexity index is 221. The van der Waals surface area contributed by atoms with Crippen LogP contribution in [0, 0.1) is 17.3 Å². The first-order valence-corrected chi connectivity index (χ1v) is 6.47. The van der Waals surface area contributed by atoms with Gasteiger partial charge in [-0.15, -0.1) is 6.58 Å². The van der Waals surface area contributed by atoms with Gasteiger partial charge in [0.15, 0.2) is 0 Å². The van der Waals surface area contributed by atoms with Gasteiger partial charge in [0.25, 0.3) is 0 Å². The summed E-state index contributed by atoms with van der Waals surface area (Å²) in [5.74, 6) is 0.852. The smallest absolute Gasteiger partial charge is 0.0678 e. The van der Waals surface area contributed by atoms with Crippen LogP contribution in [-0.4, -0.2) is 22.9 Å². The Labute approximate surface area is 99.4 Å². The minimum atomic E-state index is -0.559. The molecule has 0 aromatic carbocycles. The predicted octanol–water partition coefficient (Wildman–Crippen LogP) is 2.75. The van der Waals surface area contributed by atoms with E-state index in [0.717, 1.165) is 0 Å². The molecule has 0 bridgehead atoms. The molecule has 0 aliphatic heterocycles. The Morgan fingerprint density at radius 2 is 1.94 bits per heavy atom. The first-order chi connectivity index (χ1) is 7.55. The van der Waals surface area contributed by atoms with E-state index in [2.05, 4.69) is 13.5 Å². The molecule has 0 radical (unpaired) electrons. The lowest BCUT2D eigenvalue weighted by molar-refractivity contribution is -0.0297. The zero-order valence-electron chi connectivity index (χ0n) is 10.7. The molecule has 3 unspecified atom stereocenters. The summed E-state index contributed by atoms with van der Waals surface area (Å²) in [5.41, 5.74) is -0.559. The van der Waals surface area contributed by atoms with Crippen LogP contribution in [0.5, 0.6) is 0 Å².